The minimum atomic E-state index is -0.439. The second-order valence-corrected chi connectivity index (χ2v) is 2.58. The second-order valence-electron chi connectivity index (χ2n) is 2.58. The molecule has 1 N–H and O–H groups in total. The number of amides is 1. The van der Waals surface area contributed by atoms with Crippen molar-refractivity contribution < 1.29 is 4.79 Å². The zero-order chi connectivity index (χ0) is 10.7. The molecule has 2 aromatic rings. The van der Waals surface area contributed by atoms with Gasteiger partial charge in [-0.3, -0.25) is 4.79 Å². The summed E-state index contributed by atoms with van der Waals surface area (Å²) in [6.45, 7) is 3.56. The molecule has 0 bridgehead atoms. The van der Waals surface area contributed by atoms with Gasteiger partial charge in [0, 0.05) is 0 Å². The summed E-state index contributed by atoms with van der Waals surface area (Å²) in [6.07, 6.45) is 5.90. The van der Waals surface area contributed by atoms with Gasteiger partial charge in [0.05, 0.1) is 24.8 Å². The van der Waals surface area contributed by atoms with Gasteiger partial charge in [-0.2, -0.15) is 4.79 Å². The quantitative estimate of drug-likeness (QED) is 0.656. The lowest BCUT2D eigenvalue weighted by Crippen LogP contribution is -2.26. The van der Waals surface area contributed by atoms with Crippen molar-refractivity contribution in [3.05, 3.63) is 31.4 Å². The molecule has 0 saturated carbocycles. The van der Waals surface area contributed by atoms with E-state index in [1.54, 1.807) is 0 Å². The lowest BCUT2D eigenvalue weighted by Gasteiger charge is -2.05. The van der Waals surface area contributed by atoms with Gasteiger partial charge in [-0.1, -0.05) is 11.8 Å². The van der Waals surface area contributed by atoms with Crippen molar-refractivity contribution in [2.75, 3.05) is 5.43 Å². The molecule has 2 rings (SSSR count). The Labute approximate surface area is 84.2 Å². The van der Waals surface area contributed by atoms with Gasteiger partial charge >= 0.3 is 0 Å². The van der Waals surface area contributed by atoms with E-state index in [9.17, 15) is 4.79 Å². The largest absolute Gasteiger partial charge is 0.289 e. The van der Waals surface area contributed by atoms with Crippen LogP contribution in [0, 0.1) is 0 Å². The summed E-state index contributed by atoms with van der Waals surface area (Å²) < 4.78 is 1.26. The van der Waals surface area contributed by atoms with E-state index in [1.807, 2.05) is 0 Å². The van der Waals surface area contributed by atoms with Gasteiger partial charge < -0.3 is 0 Å². The van der Waals surface area contributed by atoms with E-state index >= 15 is 0 Å². The maximum atomic E-state index is 11.5. The fourth-order valence-electron chi connectivity index (χ4n) is 0.893. The average Bonchev–Trinajstić information content (AvgIpc) is 2.88. The van der Waals surface area contributed by atoms with Gasteiger partial charge in [-0.25, -0.2) is 10.1 Å². The summed E-state index contributed by atoms with van der Waals surface area (Å²) in [6, 6.07) is 0. The number of carbonyl (C=O) groups is 1. The topological polar surface area (TPSA) is 90.5 Å². The Balaban J connectivity index is 2.06. The van der Waals surface area contributed by atoms with Crippen molar-refractivity contribution in [2.24, 2.45) is 0 Å². The van der Waals surface area contributed by atoms with E-state index in [-0.39, 0.29) is 5.70 Å². The first-order chi connectivity index (χ1) is 7.27. The van der Waals surface area contributed by atoms with E-state index in [2.05, 4.69) is 32.6 Å². The fourth-order valence-corrected chi connectivity index (χ4v) is 0.893. The summed E-state index contributed by atoms with van der Waals surface area (Å²) in [7, 11) is 0. The maximum Gasteiger partial charge on any atom is 0.289 e. The van der Waals surface area contributed by atoms with Crippen LogP contribution >= 0.6 is 0 Å². The molecule has 0 saturated heterocycles. The van der Waals surface area contributed by atoms with Crippen molar-refractivity contribution in [3.63, 3.8) is 0 Å². The van der Waals surface area contributed by atoms with Crippen LogP contribution in [0.3, 0.4) is 0 Å². The van der Waals surface area contributed by atoms with Crippen LogP contribution in [0.15, 0.2) is 31.4 Å². The molecule has 0 aliphatic heterocycles. The highest BCUT2D eigenvalue weighted by molar-refractivity contribution is 6.16. The third-order valence-electron chi connectivity index (χ3n) is 1.60. The molecule has 0 unspecified atom stereocenters. The number of rotatable bonds is 3. The van der Waals surface area contributed by atoms with Crippen molar-refractivity contribution in [1.29, 1.82) is 0 Å². The Morgan fingerprint density at radius 3 is 2.53 bits per heavy atom. The van der Waals surface area contributed by atoms with Crippen LogP contribution in [0.25, 0.3) is 5.70 Å². The van der Waals surface area contributed by atoms with Crippen LogP contribution in [-0.4, -0.2) is 36.0 Å². The molecule has 0 radical (unpaired) electrons. The molecule has 8 heteroatoms. The molecule has 8 nitrogen and oxygen atoms in total. The molecule has 0 atom stereocenters. The first-order valence-electron chi connectivity index (χ1n) is 4.00. The third-order valence-corrected chi connectivity index (χ3v) is 1.60. The minimum absolute atomic E-state index is 0.142. The molecule has 2 aromatic heterocycles. The predicted molar refractivity (Wildman–Crippen MR) is 49.7 cm³/mol. The number of aromatic nitrogens is 6. The standard InChI is InChI=1S/C7H7N7O/c1-6(13-4-2-8-11-13)7(15)10-14-5-3-9-12-14/h2-5H,1H2,(H,10,15). The predicted octanol–water partition coefficient (Wildman–Crippen LogP) is -0.889. The van der Waals surface area contributed by atoms with Gasteiger partial charge in [-0.05, 0) is 5.21 Å². The molecule has 0 aromatic carbocycles. The number of nitrogens with one attached hydrogen (secondary N) is 1. The lowest BCUT2D eigenvalue weighted by atomic mass is 10.5. The smallest absolute Gasteiger partial charge is 0.266 e. The summed E-state index contributed by atoms with van der Waals surface area (Å²) in [5.74, 6) is -0.439. The highest BCUT2D eigenvalue weighted by atomic mass is 16.2. The monoisotopic (exact) mass is 205 g/mol. The lowest BCUT2D eigenvalue weighted by molar-refractivity contribution is -0.112. The summed E-state index contributed by atoms with van der Waals surface area (Å²) in [5.41, 5.74) is 2.57. The Morgan fingerprint density at radius 1 is 1.20 bits per heavy atom. The van der Waals surface area contributed by atoms with Crippen molar-refractivity contribution in [3.8, 4) is 0 Å². The van der Waals surface area contributed by atoms with E-state index in [0.29, 0.717) is 0 Å². The molecule has 0 fully saturated rings. The van der Waals surface area contributed by atoms with Crippen LogP contribution in [0.5, 0.6) is 0 Å². The number of nitrogens with zero attached hydrogens (tertiary/aromatic N) is 6. The molecular formula is C7H7N7O. The van der Waals surface area contributed by atoms with E-state index < -0.39 is 5.91 Å². The molecule has 0 spiro atoms. The number of hydrogen-bond donors (Lipinski definition) is 1. The highest BCUT2D eigenvalue weighted by Crippen LogP contribution is 1.97. The molecular weight excluding hydrogens is 198 g/mol. The molecule has 0 aliphatic rings. The summed E-state index contributed by atoms with van der Waals surface area (Å²) in [4.78, 5) is 12.7. The number of hydrogen-bond acceptors (Lipinski definition) is 5. The van der Waals surface area contributed by atoms with Gasteiger partial charge in [-0.15, -0.1) is 10.2 Å². The Morgan fingerprint density at radius 2 is 1.93 bits per heavy atom. The molecule has 76 valence electrons. The zero-order valence-electron chi connectivity index (χ0n) is 7.61. The Bertz CT molecular complexity index is 458. The molecule has 2 heterocycles. The van der Waals surface area contributed by atoms with E-state index in [4.69, 9.17) is 0 Å². The van der Waals surface area contributed by atoms with Gasteiger partial charge in [0.25, 0.3) is 5.91 Å². The van der Waals surface area contributed by atoms with Crippen molar-refractivity contribution >= 4 is 11.6 Å². The van der Waals surface area contributed by atoms with Crippen LogP contribution in [-0.2, 0) is 4.79 Å². The van der Waals surface area contributed by atoms with Gasteiger partial charge in [0.2, 0.25) is 0 Å². The van der Waals surface area contributed by atoms with Crippen molar-refractivity contribution in [2.45, 2.75) is 0 Å². The van der Waals surface area contributed by atoms with Crippen LogP contribution < -0.4 is 5.43 Å². The van der Waals surface area contributed by atoms with Gasteiger partial charge in [0.15, 0.2) is 0 Å². The van der Waals surface area contributed by atoms with Crippen molar-refractivity contribution in [1.82, 2.24) is 30.1 Å². The average molecular weight is 205 g/mol. The highest BCUT2D eigenvalue weighted by Gasteiger charge is 2.09. The minimum Gasteiger partial charge on any atom is -0.266 e. The first kappa shape index (κ1) is 9.06. The molecule has 1 amide bonds. The van der Waals surface area contributed by atoms with E-state index in [0.717, 1.165) is 0 Å². The summed E-state index contributed by atoms with van der Waals surface area (Å²) in [5, 5.41) is 14.3. The van der Waals surface area contributed by atoms with Crippen LogP contribution in [0.2, 0.25) is 0 Å². The second kappa shape index (κ2) is 3.70. The SMILES string of the molecule is C=C(C(=O)Nn1ccnn1)n1ccnn1. The molecule has 15 heavy (non-hydrogen) atoms. The zero-order valence-corrected chi connectivity index (χ0v) is 7.61. The van der Waals surface area contributed by atoms with Crippen LogP contribution in [0.1, 0.15) is 0 Å². The normalized spacial score (nSPS) is 9.87. The van der Waals surface area contributed by atoms with E-state index in [1.165, 1.54) is 34.3 Å². The maximum absolute atomic E-state index is 11.5. The first-order valence-corrected chi connectivity index (χ1v) is 4.00. The Hall–Kier alpha value is -2.51. The van der Waals surface area contributed by atoms with Gasteiger partial charge in [0.1, 0.15) is 5.70 Å². The third kappa shape index (κ3) is 1.88. The summed E-state index contributed by atoms with van der Waals surface area (Å²) >= 11 is 0. The molecule has 0 aliphatic carbocycles. The number of carbonyl (C=O) groups excluding carboxylic acids is 1. The fraction of sp³-hybridized carbons (Fsp3) is 0. The van der Waals surface area contributed by atoms with Crippen LogP contribution in [0.4, 0.5) is 0 Å². The Kier molecular flexibility index (Phi) is 2.23.